The molecule has 4 rings (SSSR count). The van der Waals surface area contributed by atoms with Crippen LogP contribution in [0.4, 0.5) is 4.39 Å². The molecule has 4 heterocycles. The summed E-state index contributed by atoms with van der Waals surface area (Å²) in [6.45, 7) is 19.7. The Balaban J connectivity index is -0.000000183. The van der Waals surface area contributed by atoms with Crippen LogP contribution in [0.15, 0.2) is 12.0 Å². The standard InChI is InChI=1S/C7H16O3S.C6H12O2S.C5H9FO2S.C5H12O3S.C5H10O2S.C5H10OS.C4H10O2S.C3H8O2S.C3H6O2S.C2H6O2S/c1-3-5-7-11(8,9)10-6-4-2;1-2-6-4-3-5-9(6,7)8;1-4-2-9(7,8)3-5(4)6;1-3-5-8-9(6,7)4-2;1-5-3-2-4-8(5,6)7;1-7(6)4-2-3-5-7;1-3-4-7(2,5)6;2*1-3-6(2,4)5;1-5(2,3)4/h3-7H2,1-2H3;6H,2-5H2,1H3;4-5H,2-3H2,1H3;3-5H2,1-2H3;5H,2-4H2,1H3;1-5H2;3-4H2,1-2H3;3H2,1-2H3;3H,1H2,2H3;1-2H3. The van der Waals surface area contributed by atoms with Crippen LogP contribution in [0, 0.1) is 5.92 Å². The van der Waals surface area contributed by atoms with Crippen LogP contribution >= 0.6 is 0 Å². The third-order valence-corrected chi connectivity index (χ3v) is 23.9. The molecule has 77 heavy (non-hydrogen) atoms. The predicted octanol–water partition coefficient (Wildman–Crippen LogP) is 5.08. The van der Waals surface area contributed by atoms with Gasteiger partial charge in [-0.3, -0.25) is 12.6 Å². The minimum Gasteiger partial charge on any atom is -0.270 e. The minimum atomic E-state index is -3.21. The zero-order chi connectivity index (χ0) is 62.4. The largest absolute Gasteiger partial charge is 0.270 e. The fraction of sp³-hybridized carbons (Fsp3) is 0.933. The van der Waals surface area contributed by atoms with Gasteiger partial charge in [0.05, 0.1) is 58.2 Å². The average molecular weight is 1320 g/mol. The maximum Gasteiger partial charge on any atom is 0.267 e. The van der Waals surface area contributed by atoms with Gasteiger partial charge in [-0.05, 0) is 99.9 Å². The van der Waals surface area contributed by atoms with E-state index in [-0.39, 0.29) is 45.2 Å². The summed E-state index contributed by atoms with van der Waals surface area (Å²) in [5, 5.41) is 0.826. The summed E-state index contributed by atoms with van der Waals surface area (Å²) >= 11 is 0. The molecule has 21 nitrogen and oxygen atoms in total. The van der Waals surface area contributed by atoms with Crippen LogP contribution in [0.2, 0.25) is 0 Å². The number of rotatable bonds is 15. The third-order valence-electron chi connectivity index (χ3n) is 9.84. The molecule has 4 saturated heterocycles. The van der Waals surface area contributed by atoms with Crippen LogP contribution in [0.3, 0.4) is 0 Å². The molecule has 4 unspecified atom stereocenters. The quantitative estimate of drug-likeness (QED) is 0.152. The van der Waals surface area contributed by atoms with Crippen molar-refractivity contribution >= 4 is 104 Å². The maximum atomic E-state index is 12.4. The third kappa shape index (κ3) is 65.9. The predicted molar refractivity (Wildman–Crippen MR) is 318 cm³/mol. The molecule has 0 aromatic rings. The van der Waals surface area contributed by atoms with Crippen LogP contribution in [-0.2, 0) is 107 Å². The molecule has 4 aliphatic rings. The lowest BCUT2D eigenvalue weighted by molar-refractivity contribution is 0.300. The van der Waals surface area contributed by atoms with Crippen molar-refractivity contribution in [3.63, 3.8) is 0 Å². The highest BCUT2D eigenvalue weighted by atomic mass is 32.2. The highest BCUT2D eigenvalue weighted by Gasteiger charge is 2.34. The van der Waals surface area contributed by atoms with E-state index in [4.69, 9.17) is 0 Å². The molecule has 4 fully saturated rings. The van der Waals surface area contributed by atoms with E-state index in [1.165, 1.54) is 12.5 Å². The van der Waals surface area contributed by atoms with Gasteiger partial charge >= 0.3 is 0 Å². The number of hydrogen-bond acceptors (Lipinski definition) is 21. The molecule has 0 spiro atoms. The van der Waals surface area contributed by atoms with Gasteiger partial charge in [-0.25, -0.2) is 63.3 Å². The first kappa shape index (κ1) is 87.4. The second-order valence-electron chi connectivity index (χ2n) is 18.6. The Bertz CT molecular complexity index is 2680. The van der Waals surface area contributed by atoms with Gasteiger partial charge in [0, 0.05) is 65.6 Å². The number of unbranched alkanes of at least 4 members (excludes halogenated alkanes) is 1. The summed E-state index contributed by atoms with van der Waals surface area (Å²) < 4.78 is 220. The summed E-state index contributed by atoms with van der Waals surface area (Å²) in [6, 6.07) is 0. The van der Waals surface area contributed by atoms with Crippen LogP contribution < -0.4 is 0 Å². The molecule has 0 aromatic heterocycles. The van der Waals surface area contributed by atoms with E-state index in [1.54, 1.807) is 27.7 Å². The van der Waals surface area contributed by atoms with E-state index in [2.05, 4.69) is 20.8 Å². The van der Waals surface area contributed by atoms with Crippen molar-refractivity contribution in [3.05, 3.63) is 12.0 Å². The monoisotopic (exact) mass is 1310 g/mol. The molecule has 4 aliphatic heterocycles. The Morgan fingerprint density at radius 1 is 0.545 bits per heavy atom. The maximum absolute atomic E-state index is 12.4. The van der Waals surface area contributed by atoms with E-state index in [1.807, 2.05) is 34.6 Å². The topological polar surface area (TPSA) is 343 Å². The van der Waals surface area contributed by atoms with Crippen LogP contribution in [-0.4, -0.2) is 205 Å². The smallest absolute Gasteiger partial charge is 0.267 e. The summed E-state index contributed by atoms with van der Waals surface area (Å²) in [7, 11) is -27.1. The first-order valence-electron chi connectivity index (χ1n) is 25.1. The van der Waals surface area contributed by atoms with Crippen LogP contribution in [0.5, 0.6) is 0 Å². The molecule has 0 radical (unpaired) electrons. The molecule has 0 aromatic carbocycles. The van der Waals surface area contributed by atoms with Crippen molar-refractivity contribution in [2.75, 3.05) is 102 Å². The van der Waals surface area contributed by atoms with E-state index in [0.717, 1.165) is 106 Å². The lowest BCUT2D eigenvalue weighted by Crippen LogP contribution is -2.13. The summed E-state index contributed by atoms with van der Waals surface area (Å²) in [6.07, 6.45) is 15.1. The van der Waals surface area contributed by atoms with E-state index < -0.39 is 105 Å². The molecule has 0 N–H and O–H groups in total. The lowest BCUT2D eigenvalue weighted by Gasteiger charge is -2.02. The molecular formula is C45H99FO21S10. The Morgan fingerprint density at radius 2 is 0.948 bits per heavy atom. The van der Waals surface area contributed by atoms with Gasteiger partial charge in [-0.2, -0.15) is 16.8 Å². The first-order valence-corrected chi connectivity index (χ1v) is 44.0. The van der Waals surface area contributed by atoms with E-state index in [9.17, 15) is 84.4 Å². The average Bonchev–Trinajstić information content (AvgIpc) is 4.00. The molecule has 0 aliphatic carbocycles. The lowest BCUT2D eigenvalue weighted by atomic mass is 10.1. The van der Waals surface area contributed by atoms with Gasteiger partial charge < -0.3 is 0 Å². The van der Waals surface area contributed by atoms with Crippen molar-refractivity contribution in [3.8, 4) is 0 Å². The SMILES string of the molecule is C=CS(C)(=O)=O.C=S1(=O)CCCC1.CC1CCCS1(=O)=O.CC1CS(=O)(=O)CC1F.CCC1CCCS1(=O)=O.CCCCS(=O)(=O)OCCC.CCCOS(=O)(=O)CC.CCCS(C)(=O)=O.CCS(C)(=O)=O.CS(C)(=O)=O. The van der Waals surface area contributed by atoms with Gasteiger partial charge in [0.15, 0.2) is 39.3 Å². The normalized spacial score (nSPS) is 21.5. The van der Waals surface area contributed by atoms with Crippen molar-refractivity contribution in [2.45, 2.75) is 156 Å². The zero-order valence-corrected chi connectivity index (χ0v) is 56.5. The molecule has 4 atom stereocenters. The molecular weight excluding hydrogens is 1220 g/mol. The van der Waals surface area contributed by atoms with Crippen molar-refractivity contribution in [2.24, 2.45) is 5.92 Å². The first-order chi connectivity index (χ1) is 34.4. The number of halogens is 1. The van der Waals surface area contributed by atoms with Crippen molar-refractivity contribution in [1.29, 1.82) is 0 Å². The number of alkyl halides is 1. The Kier molecular flexibility index (Phi) is 48.7. The molecule has 0 bridgehead atoms. The minimum absolute atomic E-state index is 0.0162. The van der Waals surface area contributed by atoms with E-state index >= 15 is 0 Å². The van der Waals surface area contributed by atoms with Gasteiger partial charge in [-0.15, -0.1) is 0 Å². The fourth-order valence-electron chi connectivity index (χ4n) is 5.34. The summed E-state index contributed by atoms with van der Waals surface area (Å²) in [4.78, 5) is 0. The Morgan fingerprint density at radius 3 is 1.10 bits per heavy atom. The zero-order valence-electron chi connectivity index (χ0n) is 48.3. The highest BCUT2D eigenvalue weighted by Crippen LogP contribution is 2.22. The van der Waals surface area contributed by atoms with Gasteiger partial charge in [-0.1, -0.05) is 61.5 Å². The second kappa shape index (κ2) is 42.9. The highest BCUT2D eigenvalue weighted by molar-refractivity contribution is 8.00. The van der Waals surface area contributed by atoms with Gasteiger partial charge in [0.2, 0.25) is 0 Å². The fourth-order valence-corrected chi connectivity index (χ4v) is 14.9. The molecule has 472 valence electrons. The van der Waals surface area contributed by atoms with E-state index in [0.29, 0.717) is 36.9 Å². The van der Waals surface area contributed by atoms with Crippen molar-refractivity contribution < 1.29 is 92.7 Å². The molecule has 32 heteroatoms. The second-order valence-corrected chi connectivity index (χ2v) is 41.1. The van der Waals surface area contributed by atoms with Crippen LogP contribution in [0.25, 0.3) is 0 Å². The van der Waals surface area contributed by atoms with Gasteiger partial charge in [0.25, 0.3) is 20.2 Å². The van der Waals surface area contributed by atoms with Gasteiger partial charge in [0.1, 0.15) is 35.7 Å². The molecule has 0 amide bonds. The number of sulfone groups is 7. The Labute approximate surface area is 469 Å². The number of hydrogen-bond donors (Lipinski definition) is 0. The summed E-state index contributed by atoms with van der Waals surface area (Å²) in [5.74, 6) is 6.40. The van der Waals surface area contributed by atoms with Crippen molar-refractivity contribution in [1.82, 2.24) is 0 Å². The molecule has 0 saturated carbocycles. The summed E-state index contributed by atoms with van der Waals surface area (Å²) in [5.41, 5.74) is 0. The Hall–Kier alpha value is -0.840. The van der Waals surface area contributed by atoms with Crippen LogP contribution in [0.1, 0.15) is 139 Å².